The number of fused-ring (bicyclic) bond motifs is 1. The molecule has 0 fully saturated rings. The third-order valence-corrected chi connectivity index (χ3v) is 2.86. The standard InChI is InChI=1S/C12H14ClN3O2/c13-11-9(7-15-5-6-16-12(14)17)8-3-1-2-4-10(8)18-11/h1-4,15H,5-7H2,(H3,14,16,17). The van der Waals surface area contributed by atoms with Crippen molar-refractivity contribution in [1.82, 2.24) is 10.6 Å². The SMILES string of the molecule is NC(=O)NCCNCc1c(Cl)oc2ccccc12. The van der Waals surface area contributed by atoms with E-state index in [1.54, 1.807) is 0 Å². The second kappa shape index (κ2) is 5.75. The van der Waals surface area contributed by atoms with Gasteiger partial charge in [0.15, 0.2) is 5.22 Å². The van der Waals surface area contributed by atoms with Gasteiger partial charge in [0.2, 0.25) is 0 Å². The Hall–Kier alpha value is -1.72. The fourth-order valence-electron chi connectivity index (χ4n) is 1.72. The van der Waals surface area contributed by atoms with Crippen molar-refractivity contribution in [2.45, 2.75) is 6.54 Å². The Labute approximate surface area is 109 Å². The normalized spacial score (nSPS) is 10.7. The number of hydrogen-bond acceptors (Lipinski definition) is 3. The highest BCUT2D eigenvalue weighted by atomic mass is 35.5. The van der Waals surface area contributed by atoms with Gasteiger partial charge in [0.1, 0.15) is 5.58 Å². The largest absolute Gasteiger partial charge is 0.444 e. The number of carbonyl (C=O) groups is 1. The lowest BCUT2D eigenvalue weighted by Gasteiger charge is -2.04. The maximum absolute atomic E-state index is 10.5. The average molecular weight is 268 g/mol. The Morgan fingerprint density at radius 3 is 2.89 bits per heavy atom. The van der Waals surface area contributed by atoms with Gasteiger partial charge >= 0.3 is 6.03 Å². The predicted molar refractivity (Wildman–Crippen MR) is 70.5 cm³/mol. The number of halogens is 1. The van der Waals surface area contributed by atoms with Crippen LogP contribution >= 0.6 is 11.6 Å². The molecule has 0 saturated heterocycles. The smallest absolute Gasteiger partial charge is 0.312 e. The van der Waals surface area contributed by atoms with Gasteiger partial charge in [-0.2, -0.15) is 0 Å². The molecule has 1 aromatic heterocycles. The van der Waals surface area contributed by atoms with Crippen molar-refractivity contribution in [3.8, 4) is 0 Å². The molecule has 6 heteroatoms. The molecule has 0 unspecified atom stereocenters. The molecule has 1 aromatic carbocycles. The van der Waals surface area contributed by atoms with Crippen LogP contribution in [0.3, 0.4) is 0 Å². The molecule has 2 amide bonds. The van der Waals surface area contributed by atoms with Crippen molar-refractivity contribution in [2.24, 2.45) is 5.73 Å². The summed E-state index contributed by atoms with van der Waals surface area (Å²) in [5.41, 5.74) is 6.65. The van der Waals surface area contributed by atoms with E-state index in [2.05, 4.69) is 10.6 Å². The fraction of sp³-hybridized carbons (Fsp3) is 0.250. The Morgan fingerprint density at radius 2 is 2.11 bits per heavy atom. The highest BCUT2D eigenvalue weighted by Gasteiger charge is 2.10. The minimum Gasteiger partial charge on any atom is -0.444 e. The van der Waals surface area contributed by atoms with E-state index in [1.807, 2.05) is 24.3 Å². The number of urea groups is 1. The number of nitrogens with two attached hydrogens (primary N) is 1. The monoisotopic (exact) mass is 267 g/mol. The van der Waals surface area contributed by atoms with Crippen molar-refractivity contribution in [2.75, 3.05) is 13.1 Å². The van der Waals surface area contributed by atoms with Crippen LogP contribution in [0.2, 0.25) is 5.22 Å². The van der Waals surface area contributed by atoms with Crippen LogP contribution in [0.1, 0.15) is 5.56 Å². The molecule has 4 N–H and O–H groups in total. The summed E-state index contributed by atoms with van der Waals surface area (Å²) in [7, 11) is 0. The zero-order valence-corrected chi connectivity index (χ0v) is 10.5. The first-order valence-electron chi connectivity index (χ1n) is 5.58. The summed E-state index contributed by atoms with van der Waals surface area (Å²) < 4.78 is 5.43. The summed E-state index contributed by atoms with van der Waals surface area (Å²) in [6.07, 6.45) is 0. The third kappa shape index (κ3) is 2.94. The molecular formula is C12H14ClN3O2. The van der Waals surface area contributed by atoms with Gasteiger partial charge in [-0.25, -0.2) is 4.79 Å². The molecule has 18 heavy (non-hydrogen) atoms. The lowest BCUT2D eigenvalue weighted by molar-refractivity contribution is 0.249. The van der Waals surface area contributed by atoms with Crippen molar-refractivity contribution in [3.05, 3.63) is 35.0 Å². The third-order valence-electron chi connectivity index (χ3n) is 2.55. The number of amides is 2. The van der Waals surface area contributed by atoms with E-state index in [4.69, 9.17) is 21.8 Å². The second-order valence-corrected chi connectivity index (χ2v) is 4.16. The molecule has 0 aliphatic heterocycles. The van der Waals surface area contributed by atoms with Crippen LogP contribution in [0.25, 0.3) is 11.0 Å². The molecule has 0 aliphatic rings. The highest BCUT2D eigenvalue weighted by Crippen LogP contribution is 2.29. The fourth-order valence-corrected chi connectivity index (χ4v) is 1.97. The van der Waals surface area contributed by atoms with Gasteiger partial charge < -0.3 is 20.8 Å². The predicted octanol–water partition coefficient (Wildman–Crippen LogP) is 1.84. The number of primary amides is 1. The molecule has 2 rings (SSSR count). The summed E-state index contributed by atoms with van der Waals surface area (Å²) >= 11 is 6.03. The van der Waals surface area contributed by atoms with Gasteiger partial charge in [-0.05, 0) is 17.7 Å². The molecule has 5 nitrogen and oxygen atoms in total. The first-order chi connectivity index (χ1) is 8.68. The summed E-state index contributed by atoms with van der Waals surface area (Å²) in [5.74, 6) is 0. The molecule has 0 radical (unpaired) electrons. The van der Waals surface area contributed by atoms with Gasteiger partial charge in [0, 0.05) is 30.6 Å². The molecule has 0 spiro atoms. The van der Waals surface area contributed by atoms with E-state index in [0.29, 0.717) is 24.9 Å². The summed E-state index contributed by atoms with van der Waals surface area (Å²) in [6, 6.07) is 7.15. The Balaban J connectivity index is 1.95. The van der Waals surface area contributed by atoms with Gasteiger partial charge in [-0.1, -0.05) is 18.2 Å². The molecule has 2 aromatic rings. The molecule has 96 valence electrons. The maximum atomic E-state index is 10.5. The number of rotatable bonds is 5. The average Bonchev–Trinajstić information content (AvgIpc) is 2.65. The minimum absolute atomic E-state index is 0.395. The zero-order valence-electron chi connectivity index (χ0n) is 9.70. The van der Waals surface area contributed by atoms with E-state index in [0.717, 1.165) is 16.5 Å². The van der Waals surface area contributed by atoms with Crippen LogP contribution in [0.5, 0.6) is 0 Å². The summed E-state index contributed by atoms with van der Waals surface area (Å²) in [5, 5.41) is 7.05. The number of benzene rings is 1. The molecular weight excluding hydrogens is 254 g/mol. The first-order valence-corrected chi connectivity index (χ1v) is 5.96. The van der Waals surface area contributed by atoms with Crippen LogP contribution in [0, 0.1) is 0 Å². The topological polar surface area (TPSA) is 80.3 Å². The zero-order chi connectivity index (χ0) is 13.0. The van der Waals surface area contributed by atoms with Gasteiger partial charge in [-0.15, -0.1) is 0 Å². The Kier molecular flexibility index (Phi) is 4.07. The Bertz CT molecular complexity index is 553. The van der Waals surface area contributed by atoms with Gasteiger partial charge in [0.05, 0.1) is 0 Å². The van der Waals surface area contributed by atoms with E-state index in [-0.39, 0.29) is 0 Å². The number of nitrogens with one attached hydrogen (secondary N) is 2. The Morgan fingerprint density at radius 1 is 1.33 bits per heavy atom. The lowest BCUT2D eigenvalue weighted by atomic mass is 10.2. The van der Waals surface area contributed by atoms with Crippen molar-refractivity contribution in [1.29, 1.82) is 0 Å². The number of carbonyl (C=O) groups excluding carboxylic acids is 1. The molecule has 0 bridgehead atoms. The van der Waals surface area contributed by atoms with E-state index in [1.165, 1.54) is 0 Å². The van der Waals surface area contributed by atoms with Crippen LogP contribution in [0.15, 0.2) is 28.7 Å². The van der Waals surface area contributed by atoms with Crippen LogP contribution < -0.4 is 16.4 Å². The molecule has 0 aliphatic carbocycles. The van der Waals surface area contributed by atoms with E-state index >= 15 is 0 Å². The van der Waals surface area contributed by atoms with Crippen LogP contribution in [-0.2, 0) is 6.54 Å². The van der Waals surface area contributed by atoms with Gasteiger partial charge in [-0.3, -0.25) is 0 Å². The van der Waals surface area contributed by atoms with Gasteiger partial charge in [0.25, 0.3) is 0 Å². The highest BCUT2D eigenvalue weighted by molar-refractivity contribution is 6.30. The summed E-state index contributed by atoms with van der Waals surface area (Å²) in [4.78, 5) is 10.5. The quantitative estimate of drug-likeness (QED) is 0.723. The lowest BCUT2D eigenvalue weighted by Crippen LogP contribution is -2.35. The van der Waals surface area contributed by atoms with Crippen LogP contribution in [0.4, 0.5) is 4.79 Å². The van der Waals surface area contributed by atoms with E-state index < -0.39 is 6.03 Å². The second-order valence-electron chi connectivity index (χ2n) is 3.82. The number of hydrogen-bond donors (Lipinski definition) is 3. The molecule has 0 atom stereocenters. The molecule has 1 heterocycles. The van der Waals surface area contributed by atoms with Crippen molar-refractivity contribution in [3.63, 3.8) is 0 Å². The van der Waals surface area contributed by atoms with Crippen molar-refractivity contribution >= 4 is 28.6 Å². The first kappa shape index (κ1) is 12.7. The number of furan rings is 1. The number of para-hydroxylation sites is 1. The molecule has 0 saturated carbocycles. The van der Waals surface area contributed by atoms with Crippen LogP contribution in [-0.4, -0.2) is 19.1 Å². The van der Waals surface area contributed by atoms with E-state index in [9.17, 15) is 4.79 Å². The van der Waals surface area contributed by atoms with Crippen molar-refractivity contribution < 1.29 is 9.21 Å². The summed E-state index contributed by atoms with van der Waals surface area (Å²) in [6.45, 7) is 1.66. The maximum Gasteiger partial charge on any atom is 0.312 e. The minimum atomic E-state index is -0.524.